The first-order valence-corrected chi connectivity index (χ1v) is 10.3. The molecule has 2 aromatic carbocycles. The van der Waals surface area contributed by atoms with Crippen molar-refractivity contribution in [1.29, 1.82) is 0 Å². The molecule has 0 N–H and O–H groups in total. The standard InChI is InChI=1S/C23H23N3O4/c27-20(15-24-18-9-4-5-10-19(18)30-16-21(24)28)25-13-6-14-26(25)22(29)23(11-12-23)17-7-2-1-3-8-17/h1-5,7-10H,6,11-16H2. The second kappa shape index (κ2) is 7.16. The van der Waals surface area contributed by atoms with Crippen molar-refractivity contribution in [3.63, 3.8) is 0 Å². The molecule has 154 valence electrons. The zero-order valence-electron chi connectivity index (χ0n) is 16.6. The second-order valence-corrected chi connectivity index (χ2v) is 7.98. The number of carbonyl (C=O) groups excluding carboxylic acids is 3. The van der Waals surface area contributed by atoms with Gasteiger partial charge in [0.05, 0.1) is 11.1 Å². The molecule has 5 rings (SSSR count). The summed E-state index contributed by atoms with van der Waals surface area (Å²) in [6.45, 7) is 0.799. The van der Waals surface area contributed by atoms with Gasteiger partial charge in [-0.25, -0.2) is 5.01 Å². The van der Waals surface area contributed by atoms with Crippen LogP contribution in [0, 0.1) is 0 Å². The third-order valence-electron chi connectivity index (χ3n) is 6.14. The number of hydrogen-bond donors (Lipinski definition) is 0. The van der Waals surface area contributed by atoms with Crippen LogP contribution in [-0.2, 0) is 19.8 Å². The predicted molar refractivity (Wildman–Crippen MR) is 110 cm³/mol. The SMILES string of the molecule is O=C1COc2ccccc2N1CC(=O)N1CCCN1C(=O)C1(c2ccccc2)CC1. The van der Waals surface area contributed by atoms with Crippen molar-refractivity contribution in [2.75, 3.05) is 31.1 Å². The first-order chi connectivity index (χ1) is 14.6. The third kappa shape index (κ3) is 3.01. The number of amides is 3. The minimum absolute atomic E-state index is 0.0201. The van der Waals surface area contributed by atoms with E-state index in [2.05, 4.69) is 0 Å². The molecular weight excluding hydrogens is 382 g/mol. The van der Waals surface area contributed by atoms with Crippen LogP contribution < -0.4 is 9.64 Å². The molecule has 30 heavy (non-hydrogen) atoms. The number of anilines is 1. The number of ether oxygens (including phenoxy) is 1. The number of nitrogens with zero attached hydrogens (tertiary/aromatic N) is 3. The molecule has 3 amide bonds. The van der Waals surface area contributed by atoms with E-state index in [1.54, 1.807) is 23.2 Å². The molecule has 0 radical (unpaired) electrons. The highest BCUT2D eigenvalue weighted by molar-refractivity contribution is 6.02. The van der Waals surface area contributed by atoms with Crippen LogP contribution in [0.5, 0.6) is 5.75 Å². The summed E-state index contributed by atoms with van der Waals surface area (Å²) >= 11 is 0. The lowest BCUT2D eigenvalue weighted by Gasteiger charge is -2.34. The summed E-state index contributed by atoms with van der Waals surface area (Å²) in [5.41, 5.74) is 1.07. The summed E-state index contributed by atoms with van der Waals surface area (Å²) in [5.74, 6) is 0.0466. The highest BCUT2D eigenvalue weighted by Crippen LogP contribution is 2.50. The average molecular weight is 405 g/mol. The minimum Gasteiger partial charge on any atom is -0.482 e. The molecular formula is C23H23N3O4. The smallest absolute Gasteiger partial charge is 0.265 e. The minimum atomic E-state index is -0.522. The van der Waals surface area contributed by atoms with Crippen LogP contribution >= 0.6 is 0 Å². The van der Waals surface area contributed by atoms with E-state index in [4.69, 9.17) is 4.74 Å². The number of carbonyl (C=O) groups is 3. The van der Waals surface area contributed by atoms with E-state index < -0.39 is 5.41 Å². The highest BCUT2D eigenvalue weighted by atomic mass is 16.5. The zero-order chi connectivity index (χ0) is 20.7. The molecule has 0 spiro atoms. The molecule has 2 aliphatic heterocycles. The number of rotatable bonds is 4. The fourth-order valence-electron chi connectivity index (χ4n) is 4.38. The quantitative estimate of drug-likeness (QED) is 0.781. The Kier molecular flexibility index (Phi) is 4.46. The van der Waals surface area contributed by atoms with Gasteiger partial charge in [0.1, 0.15) is 12.3 Å². The second-order valence-electron chi connectivity index (χ2n) is 7.98. The van der Waals surface area contributed by atoms with E-state index in [-0.39, 0.29) is 30.9 Å². The number of hydrogen-bond acceptors (Lipinski definition) is 4. The summed E-state index contributed by atoms with van der Waals surface area (Å²) in [6, 6.07) is 17.0. The number of benzene rings is 2. The van der Waals surface area contributed by atoms with Crippen molar-refractivity contribution < 1.29 is 19.1 Å². The Bertz CT molecular complexity index is 1000. The van der Waals surface area contributed by atoms with Crippen molar-refractivity contribution in [2.45, 2.75) is 24.7 Å². The fourth-order valence-corrected chi connectivity index (χ4v) is 4.38. The molecule has 0 atom stereocenters. The van der Waals surface area contributed by atoms with Crippen molar-refractivity contribution in [3.8, 4) is 5.75 Å². The Morgan fingerprint density at radius 2 is 1.63 bits per heavy atom. The van der Waals surface area contributed by atoms with Gasteiger partial charge in [0, 0.05) is 13.1 Å². The average Bonchev–Trinajstić information content (AvgIpc) is 3.45. The van der Waals surface area contributed by atoms with Crippen molar-refractivity contribution in [2.24, 2.45) is 0 Å². The summed E-state index contributed by atoms with van der Waals surface area (Å²) < 4.78 is 5.45. The van der Waals surface area contributed by atoms with Crippen LogP contribution in [0.25, 0.3) is 0 Å². The first-order valence-electron chi connectivity index (χ1n) is 10.3. The van der Waals surface area contributed by atoms with E-state index in [0.717, 1.165) is 24.8 Å². The van der Waals surface area contributed by atoms with Gasteiger partial charge in [-0.1, -0.05) is 42.5 Å². The Labute approximate surface area is 174 Å². The van der Waals surface area contributed by atoms with E-state index in [0.29, 0.717) is 24.5 Å². The third-order valence-corrected chi connectivity index (χ3v) is 6.14. The highest BCUT2D eigenvalue weighted by Gasteiger charge is 2.55. The van der Waals surface area contributed by atoms with E-state index in [9.17, 15) is 14.4 Å². The lowest BCUT2D eigenvalue weighted by atomic mass is 9.95. The van der Waals surface area contributed by atoms with E-state index in [1.165, 1.54) is 9.91 Å². The molecule has 2 aromatic rings. The van der Waals surface area contributed by atoms with Gasteiger partial charge >= 0.3 is 0 Å². The molecule has 1 saturated carbocycles. The largest absolute Gasteiger partial charge is 0.482 e. The maximum Gasteiger partial charge on any atom is 0.265 e. The van der Waals surface area contributed by atoms with Gasteiger partial charge in [0.15, 0.2) is 6.61 Å². The van der Waals surface area contributed by atoms with Crippen LogP contribution in [0.3, 0.4) is 0 Å². The van der Waals surface area contributed by atoms with Crippen molar-refractivity contribution in [1.82, 2.24) is 10.0 Å². The van der Waals surface area contributed by atoms with Gasteiger partial charge in [0.25, 0.3) is 17.7 Å². The van der Waals surface area contributed by atoms with Crippen molar-refractivity contribution >= 4 is 23.4 Å². The zero-order valence-corrected chi connectivity index (χ0v) is 16.6. The first kappa shape index (κ1) is 18.7. The molecule has 0 unspecified atom stereocenters. The molecule has 1 aliphatic carbocycles. The summed E-state index contributed by atoms with van der Waals surface area (Å²) in [4.78, 5) is 40.5. The van der Waals surface area contributed by atoms with Gasteiger partial charge in [-0.2, -0.15) is 0 Å². The van der Waals surface area contributed by atoms with Gasteiger partial charge < -0.3 is 4.74 Å². The lowest BCUT2D eigenvalue weighted by molar-refractivity contribution is -0.159. The number of hydrazine groups is 1. The molecule has 3 aliphatic rings. The summed E-state index contributed by atoms with van der Waals surface area (Å²) in [6.07, 6.45) is 2.32. The molecule has 2 fully saturated rings. The van der Waals surface area contributed by atoms with Crippen LogP contribution in [0.4, 0.5) is 5.69 Å². The van der Waals surface area contributed by atoms with E-state index >= 15 is 0 Å². The topological polar surface area (TPSA) is 70.2 Å². The van der Waals surface area contributed by atoms with Gasteiger partial charge in [-0.15, -0.1) is 0 Å². The predicted octanol–water partition coefficient (Wildman–Crippen LogP) is 2.12. The molecule has 7 nitrogen and oxygen atoms in total. The maximum absolute atomic E-state index is 13.4. The number of fused-ring (bicyclic) bond motifs is 1. The lowest BCUT2D eigenvalue weighted by Crippen LogP contribution is -2.53. The van der Waals surface area contributed by atoms with Crippen LogP contribution in [-0.4, -0.2) is 54.0 Å². The molecule has 1 saturated heterocycles. The van der Waals surface area contributed by atoms with Crippen molar-refractivity contribution in [3.05, 3.63) is 60.2 Å². The Balaban J connectivity index is 1.35. The number of para-hydroxylation sites is 2. The molecule has 0 aromatic heterocycles. The van der Waals surface area contributed by atoms with Crippen LogP contribution in [0.1, 0.15) is 24.8 Å². The monoisotopic (exact) mass is 405 g/mol. The normalized spacial score (nSPS) is 19.3. The van der Waals surface area contributed by atoms with Crippen LogP contribution in [0.15, 0.2) is 54.6 Å². The van der Waals surface area contributed by atoms with Gasteiger partial charge in [0.2, 0.25) is 0 Å². The summed E-state index contributed by atoms with van der Waals surface area (Å²) in [7, 11) is 0. The van der Waals surface area contributed by atoms with Gasteiger partial charge in [-0.05, 0) is 37.0 Å². The van der Waals surface area contributed by atoms with E-state index in [1.807, 2.05) is 36.4 Å². The van der Waals surface area contributed by atoms with Crippen LogP contribution in [0.2, 0.25) is 0 Å². The summed E-state index contributed by atoms with van der Waals surface area (Å²) in [5, 5.41) is 3.12. The molecule has 2 heterocycles. The molecule has 7 heteroatoms. The fraction of sp³-hybridized carbons (Fsp3) is 0.348. The Morgan fingerprint density at radius 1 is 0.933 bits per heavy atom. The maximum atomic E-state index is 13.4. The Morgan fingerprint density at radius 3 is 2.40 bits per heavy atom. The Hall–Kier alpha value is -3.35. The molecule has 0 bridgehead atoms. The van der Waals surface area contributed by atoms with Gasteiger partial charge in [-0.3, -0.25) is 24.3 Å².